The summed E-state index contributed by atoms with van der Waals surface area (Å²) in [6.45, 7) is 2.34. The van der Waals surface area contributed by atoms with Crippen molar-refractivity contribution in [2.75, 3.05) is 6.54 Å². The van der Waals surface area contributed by atoms with Crippen LogP contribution in [0.4, 0.5) is 5.69 Å². The predicted octanol–water partition coefficient (Wildman–Crippen LogP) is 3.47. The first kappa shape index (κ1) is 15.0. The number of amides is 1. The highest BCUT2D eigenvalue weighted by molar-refractivity contribution is 8.26. The summed E-state index contributed by atoms with van der Waals surface area (Å²) in [6, 6.07) is 4.39. The van der Waals surface area contributed by atoms with E-state index in [9.17, 15) is 14.9 Å². The van der Waals surface area contributed by atoms with Gasteiger partial charge in [-0.2, -0.15) is 0 Å². The van der Waals surface area contributed by atoms with E-state index in [2.05, 4.69) is 0 Å². The van der Waals surface area contributed by atoms with Crippen molar-refractivity contribution < 1.29 is 9.72 Å². The van der Waals surface area contributed by atoms with Crippen LogP contribution in [0.3, 0.4) is 0 Å². The van der Waals surface area contributed by atoms with Gasteiger partial charge in [0.2, 0.25) is 0 Å². The summed E-state index contributed by atoms with van der Waals surface area (Å²) < 4.78 is 0.493. The Morgan fingerprint density at radius 2 is 2.25 bits per heavy atom. The Kier molecular flexibility index (Phi) is 4.42. The number of hydrogen-bond donors (Lipinski definition) is 0. The van der Waals surface area contributed by atoms with E-state index in [0.717, 1.165) is 0 Å². The van der Waals surface area contributed by atoms with E-state index in [0.29, 0.717) is 21.3 Å². The van der Waals surface area contributed by atoms with Gasteiger partial charge in [0.25, 0.3) is 11.6 Å². The van der Waals surface area contributed by atoms with Crippen LogP contribution in [-0.4, -0.2) is 26.6 Å². The fourth-order valence-electron chi connectivity index (χ4n) is 1.68. The van der Waals surface area contributed by atoms with Gasteiger partial charge in [0.15, 0.2) is 0 Å². The fraction of sp³-hybridized carbons (Fsp3) is 0.167. The number of thioether (sulfide) groups is 1. The first-order valence-corrected chi connectivity index (χ1v) is 7.23. The molecule has 104 valence electrons. The minimum absolute atomic E-state index is 0.0632. The monoisotopic (exact) mass is 328 g/mol. The number of hydrogen-bond acceptors (Lipinski definition) is 5. The number of nitro benzene ring substituents is 1. The molecule has 1 saturated heterocycles. The summed E-state index contributed by atoms with van der Waals surface area (Å²) >= 11 is 12.0. The quantitative estimate of drug-likeness (QED) is 0.368. The third-order valence-electron chi connectivity index (χ3n) is 2.65. The van der Waals surface area contributed by atoms with Gasteiger partial charge in [-0.25, -0.2) is 0 Å². The summed E-state index contributed by atoms with van der Waals surface area (Å²) in [5, 5.41) is 10.9. The van der Waals surface area contributed by atoms with Crippen LogP contribution in [0, 0.1) is 10.1 Å². The maximum absolute atomic E-state index is 12.0. The largest absolute Gasteiger partial charge is 0.293 e. The Morgan fingerprint density at radius 3 is 2.80 bits per heavy atom. The summed E-state index contributed by atoms with van der Waals surface area (Å²) in [5.74, 6) is -0.180. The van der Waals surface area contributed by atoms with Gasteiger partial charge in [-0.3, -0.25) is 19.8 Å². The molecule has 0 spiro atoms. The molecule has 1 heterocycles. The molecule has 0 atom stereocenters. The molecule has 2 rings (SSSR count). The van der Waals surface area contributed by atoms with Crippen molar-refractivity contribution >= 4 is 57.6 Å². The molecule has 1 fully saturated rings. The molecule has 0 saturated carbocycles. The van der Waals surface area contributed by atoms with Crippen LogP contribution >= 0.6 is 35.6 Å². The summed E-state index contributed by atoms with van der Waals surface area (Å²) in [7, 11) is 0. The normalized spacial score (nSPS) is 17.1. The third-order valence-corrected chi connectivity index (χ3v) is 4.35. The van der Waals surface area contributed by atoms with E-state index in [1.807, 2.05) is 6.92 Å². The zero-order valence-electron chi connectivity index (χ0n) is 10.3. The molecule has 0 radical (unpaired) electrons. The zero-order chi connectivity index (χ0) is 14.9. The van der Waals surface area contributed by atoms with Crippen molar-refractivity contribution in [1.82, 2.24) is 4.90 Å². The lowest BCUT2D eigenvalue weighted by Gasteiger charge is -2.09. The maximum Gasteiger partial charge on any atom is 0.288 e. The summed E-state index contributed by atoms with van der Waals surface area (Å²) in [6.07, 6.45) is 1.58. The standard InChI is InChI=1S/C12H9ClN2O3S2/c1-2-14-11(16)10(20-12(14)19)6-7-3-4-8(13)9(5-7)15(17)18/h3-6H,2H2,1H3/b10-6+. The van der Waals surface area contributed by atoms with E-state index in [1.165, 1.54) is 28.8 Å². The minimum atomic E-state index is -0.559. The number of nitro groups is 1. The van der Waals surface area contributed by atoms with Crippen molar-refractivity contribution in [2.45, 2.75) is 6.92 Å². The molecule has 0 aromatic heterocycles. The molecule has 8 heteroatoms. The smallest absolute Gasteiger partial charge is 0.288 e. The topological polar surface area (TPSA) is 63.5 Å². The predicted molar refractivity (Wildman–Crippen MR) is 83.7 cm³/mol. The second kappa shape index (κ2) is 5.90. The van der Waals surface area contributed by atoms with Crippen molar-refractivity contribution in [3.05, 3.63) is 43.8 Å². The molecule has 1 aromatic rings. The molecule has 20 heavy (non-hydrogen) atoms. The van der Waals surface area contributed by atoms with E-state index >= 15 is 0 Å². The number of halogens is 1. The van der Waals surface area contributed by atoms with Crippen LogP contribution in [0.2, 0.25) is 5.02 Å². The molecule has 1 aliphatic heterocycles. The van der Waals surface area contributed by atoms with Crippen LogP contribution in [0.25, 0.3) is 6.08 Å². The minimum Gasteiger partial charge on any atom is -0.293 e. The molecule has 1 aromatic carbocycles. The van der Waals surface area contributed by atoms with Gasteiger partial charge in [-0.1, -0.05) is 41.6 Å². The van der Waals surface area contributed by atoms with Gasteiger partial charge in [0.05, 0.1) is 9.83 Å². The molecule has 0 N–H and O–H groups in total. The molecule has 1 aliphatic rings. The second-order valence-corrected chi connectivity index (χ2v) is 5.98. The SMILES string of the molecule is CCN1C(=O)/C(=C\c2ccc(Cl)c([N+](=O)[O-])c2)SC1=S. The highest BCUT2D eigenvalue weighted by Crippen LogP contribution is 2.33. The van der Waals surface area contributed by atoms with Crippen molar-refractivity contribution in [2.24, 2.45) is 0 Å². The summed E-state index contributed by atoms with van der Waals surface area (Å²) in [5.41, 5.74) is 0.351. The van der Waals surface area contributed by atoms with Crippen LogP contribution < -0.4 is 0 Å². The van der Waals surface area contributed by atoms with Gasteiger partial charge < -0.3 is 0 Å². The maximum atomic E-state index is 12.0. The van der Waals surface area contributed by atoms with Crippen LogP contribution in [0.15, 0.2) is 23.1 Å². The Balaban J connectivity index is 2.37. The highest BCUT2D eigenvalue weighted by Gasteiger charge is 2.30. The van der Waals surface area contributed by atoms with Gasteiger partial charge in [0.1, 0.15) is 9.34 Å². The van der Waals surface area contributed by atoms with E-state index in [4.69, 9.17) is 23.8 Å². The molecule has 0 bridgehead atoms. The number of benzene rings is 1. The van der Waals surface area contributed by atoms with E-state index in [1.54, 1.807) is 12.1 Å². The Labute approximate surface area is 129 Å². The molecule has 0 aliphatic carbocycles. The number of rotatable bonds is 3. The molecule has 1 amide bonds. The molecule has 5 nitrogen and oxygen atoms in total. The average molecular weight is 329 g/mol. The Morgan fingerprint density at radius 1 is 1.55 bits per heavy atom. The van der Waals surface area contributed by atoms with E-state index in [-0.39, 0.29) is 16.6 Å². The highest BCUT2D eigenvalue weighted by atomic mass is 35.5. The van der Waals surface area contributed by atoms with Gasteiger partial charge in [0, 0.05) is 12.6 Å². The second-order valence-electron chi connectivity index (χ2n) is 3.89. The lowest BCUT2D eigenvalue weighted by molar-refractivity contribution is -0.384. The number of carbonyl (C=O) groups is 1. The van der Waals surface area contributed by atoms with Crippen molar-refractivity contribution in [3.8, 4) is 0 Å². The number of thiocarbonyl (C=S) groups is 1. The van der Waals surface area contributed by atoms with Gasteiger partial charge in [-0.05, 0) is 24.6 Å². The number of nitrogens with zero attached hydrogens (tertiary/aromatic N) is 2. The Bertz CT molecular complexity index is 646. The fourth-order valence-corrected chi connectivity index (χ4v) is 3.25. The van der Waals surface area contributed by atoms with Crippen LogP contribution in [0.1, 0.15) is 12.5 Å². The molecular weight excluding hydrogens is 320 g/mol. The molecule has 0 unspecified atom stereocenters. The van der Waals surface area contributed by atoms with Crippen molar-refractivity contribution in [1.29, 1.82) is 0 Å². The van der Waals surface area contributed by atoms with Crippen LogP contribution in [0.5, 0.6) is 0 Å². The van der Waals surface area contributed by atoms with Crippen LogP contribution in [-0.2, 0) is 4.79 Å². The van der Waals surface area contributed by atoms with E-state index < -0.39 is 4.92 Å². The number of likely N-dealkylation sites (N-methyl/N-ethyl adjacent to an activating group) is 1. The Hall–Kier alpha value is -1.44. The van der Waals surface area contributed by atoms with Crippen molar-refractivity contribution in [3.63, 3.8) is 0 Å². The molecular formula is C12H9ClN2O3S2. The number of carbonyl (C=O) groups excluding carboxylic acids is 1. The zero-order valence-corrected chi connectivity index (χ0v) is 12.7. The van der Waals surface area contributed by atoms with Gasteiger partial charge >= 0.3 is 0 Å². The summed E-state index contributed by atoms with van der Waals surface area (Å²) in [4.78, 5) is 24.2. The van der Waals surface area contributed by atoms with Gasteiger partial charge in [-0.15, -0.1) is 0 Å². The lowest BCUT2D eigenvalue weighted by Crippen LogP contribution is -2.27. The first-order valence-electron chi connectivity index (χ1n) is 5.63. The third kappa shape index (κ3) is 2.84. The first-order chi connectivity index (χ1) is 9.43. The lowest BCUT2D eigenvalue weighted by atomic mass is 10.2. The average Bonchev–Trinajstić information content (AvgIpc) is 2.66.